The van der Waals surface area contributed by atoms with Crippen molar-refractivity contribution in [2.24, 2.45) is 17.8 Å². The molecule has 1 aromatic rings. The normalized spacial score (nSPS) is 30.6. The maximum Gasteiger partial charge on any atom is 0.248 e. The Morgan fingerprint density at radius 3 is 2.65 bits per heavy atom. The minimum Gasteiger partial charge on any atom is -0.394 e. The van der Waals surface area contributed by atoms with Crippen molar-refractivity contribution in [1.29, 1.82) is 0 Å². The molecular formula is C26H37N3O4S. The fraction of sp³-hybridized carbons (Fsp3) is 0.654. The number of anilines is 1. The molecule has 0 aliphatic carbocycles. The third-order valence-electron chi connectivity index (χ3n) is 7.80. The van der Waals surface area contributed by atoms with E-state index in [1.54, 1.807) is 16.7 Å². The second-order valence-electron chi connectivity index (χ2n) is 10.4. The number of hydrogen-bond donors (Lipinski definition) is 3. The van der Waals surface area contributed by atoms with Gasteiger partial charge < -0.3 is 20.6 Å². The van der Waals surface area contributed by atoms with E-state index >= 15 is 0 Å². The molecule has 7 nitrogen and oxygen atoms in total. The van der Waals surface area contributed by atoms with E-state index in [2.05, 4.69) is 10.6 Å². The highest BCUT2D eigenvalue weighted by atomic mass is 32.2. The molecule has 3 fully saturated rings. The molecule has 0 aromatic heterocycles. The molecule has 8 heteroatoms. The lowest BCUT2D eigenvalue weighted by atomic mass is 9.70. The Bertz CT molecular complexity index is 983. The molecule has 3 heterocycles. The summed E-state index contributed by atoms with van der Waals surface area (Å²) < 4.78 is -0.653. The monoisotopic (exact) mass is 487 g/mol. The van der Waals surface area contributed by atoms with Crippen LogP contribution >= 0.6 is 11.8 Å². The van der Waals surface area contributed by atoms with E-state index in [9.17, 15) is 19.5 Å². The number of carbonyl (C=O) groups excluding carboxylic acids is 3. The van der Waals surface area contributed by atoms with Gasteiger partial charge in [-0.3, -0.25) is 14.4 Å². The lowest BCUT2D eigenvalue weighted by Crippen LogP contribution is -2.56. The summed E-state index contributed by atoms with van der Waals surface area (Å²) in [5.74, 6) is -1.50. The van der Waals surface area contributed by atoms with Gasteiger partial charge in [-0.2, -0.15) is 0 Å². The number of fused-ring (bicyclic) bond motifs is 1. The highest BCUT2D eigenvalue weighted by Gasteiger charge is 2.74. The van der Waals surface area contributed by atoms with E-state index in [4.69, 9.17) is 0 Å². The smallest absolute Gasteiger partial charge is 0.248 e. The van der Waals surface area contributed by atoms with Crippen molar-refractivity contribution in [3.8, 4) is 0 Å². The van der Waals surface area contributed by atoms with Crippen molar-refractivity contribution in [3.63, 3.8) is 0 Å². The average Bonchev–Trinajstić information content (AvgIpc) is 3.43. The number of carbonyl (C=O) groups is 3. The van der Waals surface area contributed by atoms with Crippen LogP contribution in [0, 0.1) is 31.6 Å². The number of aliphatic hydroxyl groups excluding tert-OH is 1. The molecule has 1 aromatic carbocycles. The number of hydrogen-bond acceptors (Lipinski definition) is 5. The van der Waals surface area contributed by atoms with Gasteiger partial charge in [0, 0.05) is 17.5 Å². The van der Waals surface area contributed by atoms with Crippen LogP contribution in [0.15, 0.2) is 18.2 Å². The highest BCUT2D eigenvalue weighted by molar-refractivity contribution is 8.02. The summed E-state index contributed by atoms with van der Waals surface area (Å²) >= 11 is 1.66. The lowest BCUT2D eigenvalue weighted by Gasteiger charge is -2.38. The van der Waals surface area contributed by atoms with Gasteiger partial charge in [0.2, 0.25) is 17.7 Å². The number of benzene rings is 1. The van der Waals surface area contributed by atoms with Crippen LogP contribution < -0.4 is 10.6 Å². The third kappa shape index (κ3) is 3.92. The van der Waals surface area contributed by atoms with Gasteiger partial charge in [0.15, 0.2) is 0 Å². The Morgan fingerprint density at radius 2 is 2.00 bits per heavy atom. The van der Waals surface area contributed by atoms with Gasteiger partial charge in [-0.15, -0.1) is 11.8 Å². The summed E-state index contributed by atoms with van der Waals surface area (Å²) in [4.78, 5) is 42.7. The number of aryl methyl sites for hydroxylation is 2. The molecule has 6 atom stereocenters. The molecule has 3 aliphatic heterocycles. The summed E-state index contributed by atoms with van der Waals surface area (Å²) in [5.41, 5.74) is 2.72. The minimum atomic E-state index is -0.733. The Morgan fingerprint density at radius 1 is 1.26 bits per heavy atom. The molecule has 3 amide bonds. The number of nitrogens with one attached hydrogen (secondary N) is 2. The van der Waals surface area contributed by atoms with Crippen molar-refractivity contribution in [3.05, 3.63) is 29.3 Å². The molecule has 34 heavy (non-hydrogen) atoms. The number of aliphatic hydroxyl groups is 1. The quantitative estimate of drug-likeness (QED) is 0.524. The van der Waals surface area contributed by atoms with Gasteiger partial charge in [-0.25, -0.2) is 0 Å². The summed E-state index contributed by atoms with van der Waals surface area (Å²) in [6.45, 7) is 10.2. The molecule has 3 saturated heterocycles. The van der Waals surface area contributed by atoms with E-state index in [-0.39, 0.29) is 35.5 Å². The first-order valence-corrected chi connectivity index (χ1v) is 13.3. The Balaban J connectivity index is 1.75. The summed E-state index contributed by atoms with van der Waals surface area (Å²) in [7, 11) is 0. The second kappa shape index (κ2) is 9.53. The van der Waals surface area contributed by atoms with Crippen LogP contribution in [0.25, 0.3) is 0 Å². The van der Waals surface area contributed by atoms with E-state index < -0.39 is 28.7 Å². The zero-order chi connectivity index (χ0) is 24.8. The van der Waals surface area contributed by atoms with Crippen molar-refractivity contribution >= 4 is 35.2 Å². The molecule has 0 radical (unpaired) electrons. The molecule has 4 rings (SSSR count). The van der Waals surface area contributed by atoms with Gasteiger partial charge in [-0.1, -0.05) is 32.9 Å². The predicted molar refractivity (Wildman–Crippen MR) is 135 cm³/mol. The van der Waals surface area contributed by atoms with Gasteiger partial charge in [-0.05, 0) is 56.2 Å². The summed E-state index contributed by atoms with van der Waals surface area (Å²) in [6, 6.07) is 4.69. The lowest BCUT2D eigenvalue weighted by molar-refractivity contribution is -0.142. The molecule has 1 spiro atoms. The number of amides is 3. The van der Waals surface area contributed by atoms with Crippen molar-refractivity contribution in [2.45, 2.75) is 76.0 Å². The van der Waals surface area contributed by atoms with Gasteiger partial charge in [0.1, 0.15) is 6.04 Å². The van der Waals surface area contributed by atoms with Crippen molar-refractivity contribution in [2.75, 3.05) is 18.5 Å². The first-order chi connectivity index (χ1) is 16.2. The molecule has 3 N–H and O–H groups in total. The first-order valence-electron chi connectivity index (χ1n) is 12.4. The maximum absolute atomic E-state index is 14.0. The summed E-state index contributed by atoms with van der Waals surface area (Å²) in [5, 5.41) is 16.4. The van der Waals surface area contributed by atoms with Gasteiger partial charge in [0.05, 0.1) is 29.2 Å². The van der Waals surface area contributed by atoms with Crippen molar-refractivity contribution in [1.82, 2.24) is 10.2 Å². The predicted octanol–water partition coefficient (Wildman–Crippen LogP) is 2.88. The topological polar surface area (TPSA) is 98.7 Å². The Kier molecular flexibility index (Phi) is 7.02. The SMILES string of the molecule is CCCNC(=O)[C@@H]1[C@@H]2CCC3(S2)C(C(=O)Nc2cc(C)ccc2C)N([C@@H](CO)C(C)C)C(=O)[C@H]13. The highest BCUT2D eigenvalue weighted by Crippen LogP contribution is 2.66. The van der Waals surface area contributed by atoms with E-state index in [0.29, 0.717) is 13.0 Å². The van der Waals surface area contributed by atoms with Crippen LogP contribution in [0.2, 0.25) is 0 Å². The average molecular weight is 488 g/mol. The van der Waals surface area contributed by atoms with E-state index in [1.807, 2.05) is 52.8 Å². The molecule has 2 bridgehead atoms. The molecule has 3 aliphatic rings. The minimum absolute atomic E-state index is 0.0326. The summed E-state index contributed by atoms with van der Waals surface area (Å²) in [6.07, 6.45) is 2.35. The molecule has 0 saturated carbocycles. The second-order valence-corrected chi connectivity index (χ2v) is 12.0. The number of likely N-dealkylation sites (tertiary alicyclic amines) is 1. The Labute approximate surface area is 206 Å². The molecule has 2 unspecified atom stereocenters. The standard InChI is InChI=1S/C26H37N3O4S/c1-6-11-27-23(31)20-19-9-10-26(34-19)21(20)25(33)29(18(13-30)14(2)3)22(26)24(32)28-17-12-15(4)7-8-16(17)5/h7-8,12,14,18-22,30H,6,9-11,13H2,1-5H3,(H,27,31)(H,28,32)/t18-,19-,20+,21-,22?,26?/m0/s1. The molecular weight excluding hydrogens is 450 g/mol. The first kappa shape index (κ1) is 25.0. The van der Waals surface area contributed by atoms with Crippen LogP contribution in [-0.4, -0.2) is 63.0 Å². The zero-order valence-corrected chi connectivity index (χ0v) is 21.6. The van der Waals surface area contributed by atoms with Crippen LogP contribution in [0.4, 0.5) is 5.69 Å². The van der Waals surface area contributed by atoms with Crippen molar-refractivity contribution < 1.29 is 19.5 Å². The number of thioether (sulfide) groups is 1. The van der Waals surface area contributed by atoms with Gasteiger partial charge >= 0.3 is 0 Å². The van der Waals surface area contributed by atoms with E-state index in [0.717, 1.165) is 29.7 Å². The fourth-order valence-electron chi connectivity index (χ4n) is 6.11. The van der Waals surface area contributed by atoms with Crippen LogP contribution in [0.3, 0.4) is 0 Å². The third-order valence-corrected chi connectivity index (χ3v) is 9.76. The molecule has 186 valence electrons. The fourth-order valence-corrected chi connectivity index (χ4v) is 8.31. The van der Waals surface area contributed by atoms with Crippen LogP contribution in [0.1, 0.15) is 51.2 Å². The van der Waals surface area contributed by atoms with Gasteiger partial charge in [0.25, 0.3) is 0 Å². The zero-order valence-electron chi connectivity index (χ0n) is 20.8. The van der Waals surface area contributed by atoms with Crippen LogP contribution in [-0.2, 0) is 14.4 Å². The maximum atomic E-state index is 14.0. The number of rotatable bonds is 8. The van der Waals surface area contributed by atoms with Crippen LogP contribution in [0.5, 0.6) is 0 Å². The largest absolute Gasteiger partial charge is 0.394 e. The number of nitrogens with zero attached hydrogens (tertiary/aromatic N) is 1. The Hall–Kier alpha value is -2.06. The van der Waals surface area contributed by atoms with E-state index in [1.165, 1.54) is 0 Å².